The Balaban J connectivity index is 2.34. The Morgan fingerprint density at radius 2 is 2.00 bits per heavy atom. The summed E-state index contributed by atoms with van der Waals surface area (Å²) in [5.74, 6) is -0.527. The number of amides is 1. The Morgan fingerprint density at radius 3 is 2.57 bits per heavy atom. The van der Waals surface area contributed by atoms with E-state index in [0.717, 1.165) is 14.9 Å². The van der Waals surface area contributed by atoms with Gasteiger partial charge in [0.2, 0.25) is 21.1 Å². The number of nitrogens with one attached hydrogen (secondary N) is 1. The molecular formula is C16H20Cl2N4O3S3. The van der Waals surface area contributed by atoms with Crippen molar-refractivity contribution in [2.45, 2.75) is 42.8 Å². The van der Waals surface area contributed by atoms with Crippen LogP contribution in [0.1, 0.15) is 27.2 Å². The van der Waals surface area contributed by atoms with Gasteiger partial charge in [-0.15, -0.1) is 10.2 Å². The number of nitrogens with zero attached hydrogens (tertiary/aromatic N) is 3. The molecule has 1 aromatic heterocycles. The standard InChI is InChI=1S/C16H20Cl2N4O3S3/c1-5-12(14(23)19-15-20-21-16(27-15)26-9(2)3)22(28(4,24)25)13-8-10(17)6-7-11(13)18/h6-9,12H,5H2,1-4H3,(H,19,20,23). The van der Waals surface area contributed by atoms with Crippen LogP contribution in [0.25, 0.3) is 0 Å². The van der Waals surface area contributed by atoms with Crippen molar-refractivity contribution >= 4 is 73.0 Å². The van der Waals surface area contributed by atoms with E-state index in [4.69, 9.17) is 23.2 Å². The maximum atomic E-state index is 12.9. The summed E-state index contributed by atoms with van der Waals surface area (Å²) in [6.45, 7) is 5.76. The van der Waals surface area contributed by atoms with Crippen molar-refractivity contribution in [3.8, 4) is 0 Å². The van der Waals surface area contributed by atoms with Crippen LogP contribution in [0.5, 0.6) is 0 Å². The molecule has 2 rings (SSSR count). The zero-order valence-electron chi connectivity index (χ0n) is 15.6. The molecule has 0 bridgehead atoms. The van der Waals surface area contributed by atoms with Crippen molar-refractivity contribution in [3.63, 3.8) is 0 Å². The summed E-state index contributed by atoms with van der Waals surface area (Å²) in [6, 6.07) is 3.42. The third-order valence-electron chi connectivity index (χ3n) is 3.45. The van der Waals surface area contributed by atoms with Crippen molar-refractivity contribution in [3.05, 3.63) is 28.2 Å². The van der Waals surface area contributed by atoms with Gasteiger partial charge in [-0.05, 0) is 24.6 Å². The maximum Gasteiger partial charge on any atom is 0.250 e. The largest absolute Gasteiger partial charge is 0.299 e. The molecule has 0 radical (unpaired) electrons. The van der Waals surface area contributed by atoms with Crippen molar-refractivity contribution in [1.82, 2.24) is 10.2 Å². The summed E-state index contributed by atoms with van der Waals surface area (Å²) in [5.41, 5.74) is 0.145. The van der Waals surface area contributed by atoms with Crippen molar-refractivity contribution in [1.29, 1.82) is 0 Å². The third kappa shape index (κ3) is 5.96. The molecule has 154 valence electrons. The molecule has 0 aliphatic heterocycles. The van der Waals surface area contributed by atoms with Crippen molar-refractivity contribution < 1.29 is 13.2 Å². The lowest BCUT2D eigenvalue weighted by Gasteiger charge is -2.30. The number of thioether (sulfide) groups is 1. The summed E-state index contributed by atoms with van der Waals surface area (Å²) in [7, 11) is -3.82. The molecule has 0 saturated carbocycles. The first-order chi connectivity index (χ1) is 13.0. The van der Waals surface area contributed by atoms with E-state index in [1.165, 1.54) is 35.2 Å². The third-order valence-corrected chi connectivity index (χ3v) is 7.10. The van der Waals surface area contributed by atoms with E-state index in [1.54, 1.807) is 13.0 Å². The van der Waals surface area contributed by atoms with Crippen LogP contribution in [0.4, 0.5) is 10.8 Å². The summed E-state index contributed by atoms with van der Waals surface area (Å²) in [6.07, 6.45) is 1.23. The Hall–Kier alpha value is -1.07. The maximum absolute atomic E-state index is 12.9. The topological polar surface area (TPSA) is 92.3 Å². The Bertz CT molecular complexity index is 950. The Labute approximate surface area is 182 Å². The second kappa shape index (κ2) is 9.62. The van der Waals surface area contributed by atoms with Crippen LogP contribution in [0, 0.1) is 0 Å². The lowest BCUT2D eigenvalue weighted by molar-refractivity contribution is -0.117. The molecule has 0 fully saturated rings. The molecule has 0 aliphatic rings. The number of rotatable bonds is 8. The van der Waals surface area contributed by atoms with Crippen LogP contribution in [0.2, 0.25) is 10.0 Å². The average Bonchev–Trinajstić information content (AvgIpc) is 2.99. The molecule has 12 heteroatoms. The van der Waals surface area contributed by atoms with Crippen LogP contribution in [0.15, 0.2) is 22.5 Å². The lowest BCUT2D eigenvalue weighted by Crippen LogP contribution is -2.47. The van der Waals surface area contributed by atoms with Gasteiger partial charge in [0, 0.05) is 10.3 Å². The van der Waals surface area contributed by atoms with Crippen LogP contribution in [-0.4, -0.2) is 42.1 Å². The highest BCUT2D eigenvalue weighted by molar-refractivity contribution is 8.01. The van der Waals surface area contributed by atoms with E-state index in [1.807, 2.05) is 13.8 Å². The molecule has 28 heavy (non-hydrogen) atoms. The number of hydrogen-bond donors (Lipinski definition) is 1. The number of aromatic nitrogens is 2. The minimum Gasteiger partial charge on any atom is -0.299 e. The number of halogens is 2. The fourth-order valence-electron chi connectivity index (χ4n) is 2.39. The van der Waals surface area contributed by atoms with Crippen molar-refractivity contribution in [2.24, 2.45) is 0 Å². The number of carbonyl (C=O) groups is 1. The van der Waals surface area contributed by atoms with Gasteiger partial charge in [-0.25, -0.2) is 8.42 Å². The zero-order valence-corrected chi connectivity index (χ0v) is 19.6. The number of anilines is 2. The number of benzene rings is 1. The smallest absolute Gasteiger partial charge is 0.250 e. The minimum absolute atomic E-state index is 0.145. The molecule has 1 unspecified atom stereocenters. The number of carbonyl (C=O) groups excluding carboxylic acids is 1. The van der Waals surface area contributed by atoms with Crippen LogP contribution in [-0.2, 0) is 14.8 Å². The summed E-state index contributed by atoms with van der Waals surface area (Å²) < 4.78 is 26.7. The van der Waals surface area contributed by atoms with Gasteiger partial charge in [0.25, 0.3) is 0 Å². The fraction of sp³-hybridized carbons (Fsp3) is 0.438. The molecule has 1 aromatic carbocycles. The molecule has 0 aliphatic carbocycles. The van der Waals surface area contributed by atoms with Gasteiger partial charge in [0.15, 0.2) is 4.34 Å². The lowest BCUT2D eigenvalue weighted by atomic mass is 10.2. The summed E-state index contributed by atoms with van der Waals surface area (Å²) in [5, 5.41) is 11.7. The van der Waals surface area contributed by atoms with Gasteiger partial charge in [0.1, 0.15) is 6.04 Å². The van der Waals surface area contributed by atoms with E-state index in [2.05, 4.69) is 15.5 Å². The first-order valence-electron chi connectivity index (χ1n) is 8.28. The van der Waals surface area contributed by atoms with Crippen LogP contribution < -0.4 is 9.62 Å². The normalized spacial score (nSPS) is 12.8. The van der Waals surface area contributed by atoms with Gasteiger partial charge in [-0.2, -0.15) is 0 Å². The summed E-state index contributed by atoms with van der Waals surface area (Å²) in [4.78, 5) is 12.9. The van der Waals surface area contributed by atoms with E-state index >= 15 is 0 Å². The number of sulfonamides is 1. The average molecular weight is 483 g/mol. The van der Waals surface area contributed by atoms with Gasteiger partial charge in [-0.1, -0.05) is 67.1 Å². The first kappa shape index (κ1) is 23.2. The van der Waals surface area contributed by atoms with Crippen LogP contribution in [0.3, 0.4) is 0 Å². The predicted octanol–water partition coefficient (Wildman–Crippen LogP) is 4.53. The Morgan fingerprint density at radius 1 is 1.32 bits per heavy atom. The predicted molar refractivity (Wildman–Crippen MR) is 117 cm³/mol. The quantitative estimate of drug-likeness (QED) is 0.438. The van der Waals surface area contributed by atoms with Gasteiger partial charge in [0.05, 0.1) is 17.0 Å². The SMILES string of the molecule is CCC(C(=O)Nc1nnc(SC(C)C)s1)N(c1cc(Cl)ccc1Cl)S(C)(=O)=O. The molecule has 0 spiro atoms. The van der Waals surface area contributed by atoms with Crippen LogP contribution >= 0.6 is 46.3 Å². The number of hydrogen-bond acceptors (Lipinski definition) is 7. The molecular weight excluding hydrogens is 463 g/mol. The highest BCUT2D eigenvalue weighted by Gasteiger charge is 2.33. The molecule has 0 saturated heterocycles. The minimum atomic E-state index is -3.82. The van der Waals surface area contributed by atoms with Crippen molar-refractivity contribution in [2.75, 3.05) is 15.9 Å². The second-order valence-corrected chi connectivity index (χ2v) is 11.6. The fourth-order valence-corrected chi connectivity index (χ4v) is 6.01. The van der Waals surface area contributed by atoms with Gasteiger partial charge in [-0.3, -0.25) is 14.4 Å². The summed E-state index contributed by atoms with van der Waals surface area (Å²) >= 11 is 15.0. The van der Waals surface area contributed by atoms with E-state index in [9.17, 15) is 13.2 Å². The molecule has 1 amide bonds. The second-order valence-electron chi connectivity index (χ2n) is 6.11. The molecule has 1 atom stereocenters. The first-order valence-corrected chi connectivity index (χ1v) is 12.6. The highest BCUT2D eigenvalue weighted by Crippen LogP contribution is 2.34. The van der Waals surface area contributed by atoms with E-state index in [-0.39, 0.29) is 17.1 Å². The van der Waals surface area contributed by atoms with Gasteiger partial charge >= 0.3 is 0 Å². The van der Waals surface area contributed by atoms with Gasteiger partial charge < -0.3 is 0 Å². The molecule has 2 aromatic rings. The zero-order chi connectivity index (χ0) is 21.1. The monoisotopic (exact) mass is 482 g/mol. The van der Waals surface area contributed by atoms with E-state index in [0.29, 0.717) is 15.4 Å². The van der Waals surface area contributed by atoms with E-state index < -0.39 is 22.0 Å². The molecule has 7 nitrogen and oxygen atoms in total. The molecule has 1 N–H and O–H groups in total. The molecule has 1 heterocycles. The highest BCUT2D eigenvalue weighted by atomic mass is 35.5. The Kier molecular flexibility index (Phi) is 7.97.